The number of fused-ring (bicyclic) bond motifs is 2. The summed E-state index contributed by atoms with van der Waals surface area (Å²) in [6.45, 7) is 4.17. The lowest BCUT2D eigenvalue weighted by atomic mass is 9.99. The van der Waals surface area contributed by atoms with Crippen molar-refractivity contribution in [2.75, 3.05) is 0 Å². The lowest BCUT2D eigenvalue weighted by Gasteiger charge is -2.07. The molecule has 6 rings (SSSR count). The number of halogens is 1. The number of aryl methyl sites for hydroxylation is 2. The van der Waals surface area contributed by atoms with Crippen molar-refractivity contribution < 1.29 is 4.39 Å². The Morgan fingerprint density at radius 1 is 0.788 bits per heavy atom. The molecule has 0 amide bonds. The van der Waals surface area contributed by atoms with Crippen LogP contribution < -0.4 is 0 Å². The van der Waals surface area contributed by atoms with Gasteiger partial charge in [-0.1, -0.05) is 24.3 Å². The van der Waals surface area contributed by atoms with Crippen LogP contribution in [0, 0.1) is 19.7 Å². The summed E-state index contributed by atoms with van der Waals surface area (Å²) in [4.78, 5) is 8.11. The first-order chi connectivity index (χ1) is 16.1. The van der Waals surface area contributed by atoms with E-state index < -0.39 is 0 Å². The molecule has 0 spiro atoms. The Balaban J connectivity index is 1.52. The van der Waals surface area contributed by atoms with Crippen LogP contribution in [0.5, 0.6) is 0 Å². The van der Waals surface area contributed by atoms with Crippen molar-refractivity contribution in [1.29, 1.82) is 0 Å². The lowest BCUT2D eigenvalue weighted by Crippen LogP contribution is -1.88. The Morgan fingerprint density at radius 3 is 2.45 bits per heavy atom. The molecule has 2 N–H and O–H groups in total. The molecule has 0 atom stereocenters. The molecule has 0 unspecified atom stereocenters. The maximum Gasteiger partial charge on any atom is 0.123 e. The number of nitrogens with one attached hydrogen (secondary N) is 2. The molecule has 0 aliphatic heterocycles. The first-order valence-corrected chi connectivity index (χ1v) is 10.9. The van der Waals surface area contributed by atoms with Gasteiger partial charge in [-0.2, -0.15) is 5.10 Å². The summed E-state index contributed by atoms with van der Waals surface area (Å²) in [6, 6.07) is 23.2. The molecule has 0 radical (unpaired) electrons. The summed E-state index contributed by atoms with van der Waals surface area (Å²) in [5.74, 6) is -0.238. The number of aromatic amines is 2. The van der Waals surface area contributed by atoms with Crippen LogP contribution in [0.3, 0.4) is 0 Å². The van der Waals surface area contributed by atoms with Gasteiger partial charge in [0.05, 0.1) is 16.9 Å². The molecule has 3 heterocycles. The van der Waals surface area contributed by atoms with Crippen LogP contribution in [0.25, 0.3) is 55.6 Å². The lowest BCUT2D eigenvalue weighted by molar-refractivity contribution is 0.628. The van der Waals surface area contributed by atoms with Crippen LogP contribution in [0.1, 0.15) is 11.1 Å². The van der Waals surface area contributed by atoms with Crippen LogP contribution in [0.2, 0.25) is 0 Å². The predicted octanol–water partition coefficient (Wildman–Crippen LogP) is 7.20. The van der Waals surface area contributed by atoms with Gasteiger partial charge in [-0.15, -0.1) is 0 Å². The van der Waals surface area contributed by atoms with Gasteiger partial charge >= 0.3 is 0 Å². The van der Waals surface area contributed by atoms with Crippen LogP contribution in [0.15, 0.2) is 79.0 Å². The zero-order valence-electron chi connectivity index (χ0n) is 18.3. The van der Waals surface area contributed by atoms with Gasteiger partial charge in [0.2, 0.25) is 0 Å². The van der Waals surface area contributed by atoms with Crippen molar-refractivity contribution in [1.82, 2.24) is 20.2 Å². The molecule has 33 heavy (non-hydrogen) atoms. The van der Waals surface area contributed by atoms with E-state index in [1.165, 1.54) is 17.7 Å². The first kappa shape index (κ1) is 19.4. The predicted molar refractivity (Wildman–Crippen MR) is 131 cm³/mol. The molecule has 3 aromatic heterocycles. The summed E-state index contributed by atoms with van der Waals surface area (Å²) in [5, 5.41) is 9.93. The van der Waals surface area contributed by atoms with Crippen LogP contribution in [-0.2, 0) is 0 Å². The van der Waals surface area contributed by atoms with Crippen LogP contribution in [0.4, 0.5) is 4.39 Å². The minimum atomic E-state index is -0.238. The van der Waals surface area contributed by atoms with E-state index >= 15 is 0 Å². The van der Waals surface area contributed by atoms with E-state index in [4.69, 9.17) is 0 Å². The molecule has 0 saturated carbocycles. The average molecular weight is 433 g/mol. The van der Waals surface area contributed by atoms with Crippen molar-refractivity contribution in [2.24, 2.45) is 0 Å². The molecule has 5 heteroatoms. The second kappa shape index (κ2) is 7.41. The largest absolute Gasteiger partial charge is 0.353 e. The number of benzene rings is 3. The molecule has 3 aromatic carbocycles. The number of pyridine rings is 1. The fraction of sp³-hybridized carbons (Fsp3) is 0.0714. The summed E-state index contributed by atoms with van der Waals surface area (Å²) in [6.07, 6.45) is 1.85. The van der Waals surface area contributed by atoms with Crippen molar-refractivity contribution in [3.05, 3.63) is 95.9 Å². The third kappa shape index (κ3) is 3.29. The molecule has 0 aliphatic carbocycles. The zero-order valence-corrected chi connectivity index (χ0v) is 18.3. The van der Waals surface area contributed by atoms with Gasteiger partial charge in [-0.05, 0) is 84.6 Å². The van der Waals surface area contributed by atoms with Crippen molar-refractivity contribution in [3.8, 4) is 33.8 Å². The third-order valence-electron chi connectivity index (χ3n) is 6.17. The standard InChI is InChI=1S/C28H21FN4/c1-16-10-11-30-25(12-16)21-14-23-26(13-17(21)2)32-33-28(23)27-15-22-20(4-3-5-24(22)31-27)18-6-8-19(29)9-7-18/h3-15,31H,1-2H3,(H,32,33). The second-order valence-corrected chi connectivity index (χ2v) is 8.46. The molecule has 160 valence electrons. The summed E-state index contributed by atoms with van der Waals surface area (Å²) in [5.41, 5.74) is 10.2. The summed E-state index contributed by atoms with van der Waals surface area (Å²) >= 11 is 0. The molecule has 0 bridgehead atoms. The Bertz CT molecular complexity index is 1640. The molecule has 0 fully saturated rings. The minimum absolute atomic E-state index is 0.238. The normalized spacial score (nSPS) is 11.5. The topological polar surface area (TPSA) is 57.4 Å². The maximum absolute atomic E-state index is 13.4. The Hall–Kier alpha value is -4.25. The smallest absolute Gasteiger partial charge is 0.123 e. The van der Waals surface area contributed by atoms with Crippen molar-refractivity contribution in [3.63, 3.8) is 0 Å². The highest BCUT2D eigenvalue weighted by Crippen LogP contribution is 2.36. The summed E-state index contributed by atoms with van der Waals surface area (Å²) in [7, 11) is 0. The van der Waals surface area contributed by atoms with E-state index in [-0.39, 0.29) is 5.82 Å². The summed E-state index contributed by atoms with van der Waals surface area (Å²) < 4.78 is 13.4. The Labute approximate surface area is 190 Å². The molecule has 4 nitrogen and oxygen atoms in total. The number of H-pyrrole nitrogens is 2. The van der Waals surface area contributed by atoms with Crippen molar-refractivity contribution >= 4 is 21.8 Å². The third-order valence-corrected chi connectivity index (χ3v) is 6.17. The fourth-order valence-corrected chi connectivity index (χ4v) is 4.50. The molecular weight excluding hydrogens is 411 g/mol. The highest BCUT2D eigenvalue weighted by Gasteiger charge is 2.16. The monoisotopic (exact) mass is 432 g/mol. The van der Waals surface area contributed by atoms with Crippen molar-refractivity contribution in [2.45, 2.75) is 13.8 Å². The van der Waals surface area contributed by atoms with Gasteiger partial charge in [-0.25, -0.2) is 4.39 Å². The Kier molecular flexibility index (Phi) is 4.37. The second-order valence-electron chi connectivity index (χ2n) is 8.46. The van der Waals surface area contributed by atoms with Gasteiger partial charge in [0.25, 0.3) is 0 Å². The van der Waals surface area contributed by atoms with E-state index in [1.54, 1.807) is 0 Å². The Morgan fingerprint density at radius 2 is 1.64 bits per heavy atom. The quantitative estimate of drug-likeness (QED) is 0.311. The molecular formula is C28H21FN4. The van der Waals surface area contributed by atoms with E-state index in [0.29, 0.717) is 0 Å². The highest BCUT2D eigenvalue weighted by atomic mass is 19.1. The van der Waals surface area contributed by atoms with E-state index in [2.05, 4.69) is 64.3 Å². The van der Waals surface area contributed by atoms with E-state index in [9.17, 15) is 4.39 Å². The molecule has 0 aliphatic rings. The minimum Gasteiger partial charge on any atom is -0.353 e. The maximum atomic E-state index is 13.4. The van der Waals surface area contributed by atoms with Crippen LogP contribution >= 0.6 is 0 Å². The number of hydrogen-bond acceptors (Lipinski definition) is 2. The van der Waals surface area contributed by atoms with E-state index in [0.717, 1.165) is 61.1 Å². The molecule has 0 saturated heterocycles. The average Bonchev–Trinajstić information content (AvgIpc) is 3.42. The number of hydrogen-bond donors (Lipinski definition) is 2. The first-order valence-electron chi connectivity index (χ1n) is 10.9. The van der Waals surface area contributed by atoms with E-state index in [1.807, 2.05) is 36.5 Å². The number of rotatable bonds is 3. The van der Waals surface area contributed by atoms with Crippen LogP contribution in [-0.4, -0.2) is 20.2 Å². The van der Waals surface area contributed by atoms with Gasteiger partial charge in [-0.3, -0.25) is 10.1 Å². The number of nitrogens with zero attached hydrogens (tertiary/aromatic N) is 2. The molecule has 6 aromatic rings. The van der Waals surface area contributed by atoms with Gasteiger partial charge in [0.15, 0.2) is 0 Å². The van der Waals surface area contributed by atoms with Gasteiger partial charge in [0.1, 0.15) is 11.5 Å². The van der Waals surface area contributed by atoms with Gasteiger partial charge < -0.3 is 4.98 Å². The zero-order chi connectivity index (χ0) is 22.5. The fourth-order valence-electron chi connectivity index (χ4n) is 4.50. The van der Waals surface area contributed by atoms with Gasteiger partial charge in [0, 0.05) is 28.0 Å². The highest BCUT2D eigenvalue weighted by molar-refractivity contribution is 6.02. The SMILES string of the molecule is Cc1ccnc(-c2cc3c(-c4cc5c(-c6ccc(F)cc6)cccc5[nH]4)n[nH]c3cc2C)c1. The number of aromatic nitrogens is 4.